The molecule has 0 saturated carbocycles. The van der Waals surface area contributed by atoms with Gasteiger partial charge in [-0.15, -0.1) is 0 Å². The Morgan fingerprint density at radius 2 is 2.14 bits per heavy atom. The summed E-state index contributed by atoms with van der Waals surface area (Å²) in [7, 11) is 0. The molecule has 1 N–H and O–H groups in total. The normalized spacial score (nSPS) is 19.0. The van der Waals surface area contributed by atoms with Gasteiger partial charge in [0.25, 0.3) is 0 Å². The van der Waals surface area contributed by atoms with E-state index in [1.54, 1.807) is 4.90 Å². The van der Waals surface area contributed by atoms with Gasteiger partial charge in [-0.2, -0.15) is 0 Å². The lowest BCUT2D eigenvalue weighted by atomic mass is 10.1. The van der Waals surface area contributed by atoms with Gasteiger partial charge in [-0.05, 0) is 74.2 Å². The van der Waals surface area contributed by atoms with Gasteiger partial charge in [-0.3, -0.25) is 4.90 Å². The summed E-state index contributed by atoms with van der Waals surface area (Å²) in [5.74, 6) is 0. The van der Waals surface area contributed by atoms with Gasteiger partial charge < -0.3 is 10.1 Å². The molecule has 0 aliphatic carbocycles. The van der Waals surface area contributed by atoms with Gasteiger partial charge in [0.05, 0.1) is 5.02 Å². The molecule has 1 amide bonds. The summed E-state index contributed by atoms with van der Waals surface area (Å²) < 4.78 is 6.36. The van der Waals surface area contributed by atoms with Crippen molar-refractivity contribution >= 4 is 39.3 Å². The predicted octanol–water partition coefficient (Wildman–Crippen LogP) is 5.26. The molecular formula is C16H22BrClN2O2. The van der Waals surface area contributed by atoms with Crippen LogP contribution in [-0.2, 0) is 4.74 Å². The molecule has 1 aliphatic rings. The zero-order valence-electron chi connectivity index (χ0n) is 13.2. The van der Waals surface area contributed by atoms with E-state index in [4.69, 9.17) is 16.3 Å². The minimum Gasteiger partial charge on any atom is -0.444 e. The van der Waals surface area contributed by atoms with Crippen LogP contribution in [-0.4, -0.2) is 29.3 Å². The van der Waals surface area contributed by atoms with Crippen LogP contribution in [0.1, 0.15) is 40.0 Å². The minimum atomic E-state index is -0.486. The van der Waals surface area contributed by atoms with Gasteiger partial charge in [0.2, 0.25) is 0 Å². The third-order valence-corrected chi connectivity index (χ3v) is 4.62. The second-order valence-electron chi connectivity index (χ2n) is 6.46. The molecule has 122 valence electrons. The van der Waals surface area contributed by atoms with Crippen molar-refractivity contribution in [2.24, 2.45) is 0 Å². The summed E-state index contributed by atoms with van der Waals surface area (Å²) in [4.78, 5) is 14.1. The van der Waals surface area contributed by atoms with Crippen LogP contribution < -0.4 is 5.32 Å². The third-order valence-electron chi connectivity index (χ3n) is 3.38. The highest BCUT2D eigenvalue weighted by Gasteiger charge is 2.30. The van der Waals surface area contributed by atoms with Crippen LogP contribution in [0.15, 0.2) is 22.7 Å². The Hall–Kier alpha value is -0.940. The third kappa shape index (κ3) is 4.78. The lowest BCUT2D eigenvalue weighted by Gasteiger charge is -2.37. The van der Waals surface area contributed by atoms with Crippen LogP contribution in [0.3, 0.4) is 0 Å². The first-order valence-electron chi connectivity index (χ1n) is 7.47. The highest BCUT2D eigenvalue weighted by molar-refractivity contribution is 9.10. The predicted molar refractivity (Wildman–Crippen MR) is 93.4 cm³/mol. The number of benzene rings is 1. The number of carbonyl (C=O) groups is 1. The summed E-state index contributed by atoms with van der Waals surface area (Å²) in [5, 5.41) is 4.03. The Morgan fingerprint density at radius 1 is 1.41 bits per heavy atom. The van der Waals surface area contributed by atoms with Gasteiger partial charge >= 0.3 is 6.09 Å². The average molecular weight is 390 g/mol. The molecule has 1 aromatic carbocycles. The van der Waals surface area contributed by atoms with E-state index >= 15 is 0 Å². The molecule has 22 heavy (non-hydrogen) atoms. The van der Waals surface area contributed by atoms with Crippen molar-refractivity contribution in [2.45, 2.75) is 51.8 Å². The number of amides is 1. The van der Waals surface area contributed by atoms with E-state index in [1.165, 1.54) is 0 Å². The molecule has 6 heteroatoms. The van der Waals surface area contributed by atoms with E-state index in [2.05, 4.69) is 21.2 Å². The van der Waals surface area contributed by atoms with Gasteiger partial charge in [0.15, 0.2) is 0 Å². The lowest BCUT2D eigenvalue weighted by Crippen LogP contribution is -2.49. The van der Waals surface area contributed by atoms with E-state index in [0.29, 0.717) is 11.6 Å². The fraction of sp³-hybridized carbons (Fsp3) is 0.562. The van der Waals surface area contributed by atoms with Crippen molar-refractivity contribution in [1.29, 1.82) is 0 Å². The number of nitrogens with one attached hydrogen (secondary N) is 1. The lowest BCUT2D eigenvalue weighted by molar-refractivity contribution is 0.0130. The van der Waals surface area contributed by atoms with E-state index in [-0.39, 0.29) is 12.3 Å². The Bertz CT molecular complexity index is 545. The van der Waals surface area contributed by atoms with Crippen LogP contribution in [0.5, 0.6) is 0 Å². The number of ether oxygens (including phenoxy) is 1. The Balaban J connectivity index is 2.09. The standard InChI is InChI=1S/C16H22BrClN2O2/c1-16(2,3)22-15(21)20-9-5-4-6-14(20)19-11-7-8-12(17)13(18)10-11/h7-8,10,14,19H,4-6,9H2,1-3H3. The molecule has 4 nitrogen and oxygen atoms in total. The summed E-state index contributed by atoms with van der Waals surface area (Å²) in [6.45, 7) is 6.35. The monoisotopic (exact) mass is 388 g/mol. The maximum atomic E-state index is 12.4. The number of nitrogens with zero attached hydrogens (tertiary/aromatic N) is 1. The number of rotatable bonds is 2. The zero-order chi connectivity index (χ0) is 16.3. The number of hydrogen-bond acceptors (Lipinski definition) is 3. The minimum absolute atomic E-state index is 0.0687. The summed E-state index contributed by atoms with van der Waals surface area (Å²) in [5.41, 5.74) is 0.411. The molecule has 0 bridgehead atoms. The number of hydrogen-bond donors (Lipinski definition) is 1. The number of likely N-dealkylation sites (tertiary alicyclic amines) is 1. The molecular weight excluding hydrogens is 368 g/mol. The summed E-state index contributed by atoms with van der Waals surface area (Å²) in [6, 6.07) is 5.69. The molecule has 1 fully saturated rings. The molecule has 1 atom stereocenters. The van der Waals surface area contributed by atoms with Crippen molar-refractivity contribution in [3.05, 3.63) is 27.7 Å². The second kappa shape index (κ2) is 7.09. The van der Waals surface area contributed by atoms with Crippen molar-refractivity contribution < 1.29 is 9.53 Å². The van der Waals surface area contributed by atoms with Crippen LogP contribution in [0.4, 0.5) is 10.5 Å². The van der Waals surface area contributed by atoms with Gasteiger partial charge in [-0.1, -0.05) is 11.6 Å². The zero-order valence-corrected chi connectivity index (χ0v) is 15.5. The van der Waals surface area contributed by atoms with Crippen molar-refractivity contribution in [1.82, 2.24) is 4.90 Å². The Kier molecular flexibility index (Phi) is 5.61. The molecule has 1 unspecified atom stereocenters. The Labute approximate surface area is 145 Å². The number of halogens is 2. The van der Waals surface area contributed by atoms with Crippen LogP contribution >= 0.6 is 27.5 Å². The van der Waals surface area contributed by atoms with Gasteiger partial charge in [0, 0.05) is 16.7 Å². The van der Waals surface area contributed by atoms with E-state index < -0.39 is 5.60 Å². The number of anilines is 1. The van der Waals surface area contributed by atoms with Crippen LogP contribution in [0, 0.1) is 0 Å². The SMILES string of the molecule is CC(C)(C)OC(=O)N1CCCCC1Nc1ccc(Br)c(Cl)c1. The van der Waals surface area contributed by atoms with E-state index in [9.17, 15) is 4.79 Å². The maximum absolute atomic E-state index is 12.4. The maximum Gasteiger partial charge on any atom is 0.411 e. The first kappa shape index (κ1) is 17.4. The molecule has 2 rings (SSSR count). The summed E-state index contributed by atoms with van der Waals surface area (Å²) in [6.07, 6.45) is 2.64. The number of piperidine rings is 1. The van der Waals surface area contributed by atoms with Crippen LogP contribution in [0.25, 0.3) is 0 Å². The largest absolute Gasteiger partial charge is 0.444 e. The summed E-state index contributed by atoms with van der Waals surface area (Å²) >= 11 is 9.50. The molecule has 1 aromatic rings. The van der Waals surface area contributed by atoms with Crippen molar-refractivity contribution in [3.63, 3.8) is 0 Å². The topological polar surface area (TPSA) is 41.6 Å². The molecule has 0 aromatic heterocycles. The smallest absolute Gasteiger partial charge is 0.411 e. The van der Waals surface area contributed by atoms with Gasteiger partial charge in [0.1, 0.15) is 11.8 Å². The quantitative estimate of drug-likeness (QED) is 0.750. The fourth-order valence-corrected chi connectivity index (χ4v) is 2.83. The Morgan fingerprint density at radius 3 is 2.77 bits per heavy atom. The van der Waals surface area contributed by atoms with Crippen molar-refractivity contribution in [2.75, 3.05) is 11.9 Å². The molecule has 0 radical (unpaired) electrons. The van der Waals surface area contributed by atoms with E-state index in [0.717, 1.165) is 29.4 Å². The van der Waals surface area contributed by atoms with Crippen molar-refractivity contribution in [3.8, 4) is 0 Å². The van der Waals surface area contributed by atoms with Gasteiger partial charge in [-0.25, -0.2) is 4.79 Å². The molecule has 1 aliphatic heterocycles. The molecule has 1 heterocycles. The fourth-order valence-electron chi connectivity index (χ4n) is 2.40. The first-order valence-corrected chi connectivity index (χ1v) is 8.64. The molecule has 1 saturated heterocycles. The second-order valence-corrected chi connectivity index (χ2v) is 7.72. The number of carbonyl (C=O) groups excluding carboxylic acids is 1. The average Bonchev–Trinajstić information content (AvgIpc) is 2.41. The highest BCUT2D eigenvalue weighted by atomic mass is 79.9. The highest BCUT2D eigenvalue weighted by Crippen LogP contribution is 2.28. The van der Waals surface area contributed by atoms with E-state index in [1.807, 2.05) is 39.0 Å². The van der Waals surface area contributed by atoms with Crippen LogP contribution in [0.2, 0.25) is 5.02 Å². The molecule has 0 spiro atoms. The first-order chi connectivity index (χ1) is 10.3.